The summed E-state index contributed by atoms with van der Waals surface area (Å²) in [4.78, 5) is 24.2. The van der Waals surface area contributed by atoms with Crippen LogP contribution in [0.15, 0.2) is 71.6 Å². The fourth-order valence-electron chi connectivity index (χ4n) is 7.37. The highest BCUT2D eigenvalue weighted by molar-refractivity contribution is 7.91. The third-order valence-corrected chi connectivity index (χ3v) is 11.8. The Balaban J connectivity index is 1.54. The number of rotatable bonds is 11. The van der Waals surface area contributed by atoms with Gasteiger partial charge in [-0.15, -0.1) is 0 Å². The number of alkyl halides is 3. The summed E-state index contributed by atoms with van der Waals surface area (Å²) < 4.78 is 75.2. The van der Waals surface area contributed by atoms with Gasteiger partial charge >= 0.3 is 6.18 Å². The molecule has 0 bridgehead atoms. The number of hydrogen-bond donors (Lipinski definition) is 1. The predicted octanol–water partition coefficient (Wildman–Crippen LogP) is 7.88. The Kier molecular flexibility index (Phi) is 11.6. The molecule has 2 fully saturated rings. The van der Waals surface area contributed by atoms with E-state index in [9.17, 15) is 26.4 Å². The highest BCUT2D eigenvalue weighted by atomic mass is 32.2. The number of nitrogens with zero attached hydrogens (tertiary/aromatic N) is 3. The van der Waals surface area contributed by atoms with E-state index in [1.807, 2.05) is 30.3 Å². The molecule has 3 aromatic carbocycles. The molecule has 0 aliphatic carbocycles. The zero-order chi connectivity index (χ0) is 37.0. The summed E-state index contributed by atoms with van der Waals surface area (Å²) in [5, 5.41) is 3.31. The van der Waals surface area contributed by atoms with Gasteiger partial charge in [-0.2, -0.15) is 13.2 Å². The molecule has 4 aromatic rings. The number of ether oxygens (including phenoxy) is 1. The second-order valence-corrected chi connectivity index (χ2v) is 16.3. The SMILES string of the molecule is CCS(=O)(=O)c1cc2c(C(=O)NCc3ccccc3)c(CN3CCC(N4CCCCC4)CC3)c(-c3cccc(C(F)(F)F)c3)nc2cc1OC(C)C. The Morgan fingerprint density at radius 1 is 0.962 bits per heavy atom. The van der Waals surface area contributed by atoms with E-state index in [0.717, 1.165) is 56.7 Å². The van der Waals surface area contributed by atoms with Gasteiger partial charge in [-0.05, 0) is 89.5 Å². The molecule has 8 nitrogen and oxygen atoms in total. The number of fused-ring (bicyclic) bond motifs is 1. The summed E-state index contributed by atoms with van der Waals surface area (Å²) >= 11 is 0. The van der Waals surface area contributed by atoms with Crippen LogP contribution >= 0.6 is 0 Å². The summed E-state index contributed by atoms with van der Waals surface area (Å²) in [6, 6.07) is 17.8. The Morgan fingerprint density at radius 2 is 1.67 bits per heavy atom. The van der Waals surface area contributed by atoms with Crippen LogP contribution in [0.4, 0.5) is 13.2 Å². The van der Waals surface area contributed by atoms with Crippen molar-refractivity contribution in [3.8, 4) is 17.0 Å². The van der Waals surface area contributed by atoms with Crippen LogP contribution in [0.3, 0.4) is 0 Å². The molecule has 6 rings (SSSR count). The third kappa shape index (κ3) is 8.61. The van der Waals surface area contributed by atoms with Gasteiger partial charge in [0.2, 0.25) is 0 Å². The van der Waals surface area contributed by atoms with E-state index in [2.05, 4.69) is 15.1 Å². The Morgan fingerprint density at radius 3 is 2.33 bits per heavy atom. The summed E-state index contributed by atoms with van der Waals surface area (Å²) in [7, 11) is -3.83. The first-order chi connectivity index (χ1) is 24.8. The van der Waals surface area contributed by atoms with E-state index in [-0.39, 0.29) is 57.9 Å². The monoisotopic (exact) mass is 736 g/mol. The molecule has 1 amide bonds. The van der Waals surface area contributed by atoms with Gasteiger partial charge in [0.1, 0.15) is 10.6 Å². The summed E-state index contributed by atoms with van der Waals surface area (Å²) in [6.45, 7) is 9.19. The zero-order valence-electron chi connectivity index (χ0n) is 30.0. The number of nitrogens with one attached hydrogen (secondary N) is 1. The number of amides is 1. The van der Waals surface area contributed by atoms with Gasteiger partial charge < -0.3 is 15.0 Å². The lowest BCUT2D eigenvalue weighted by Crippen LogP contribution is -2.46. The minimum atomic E-state index is -4.60. The maximum atomic E-state index is 14.5. The van der Waals surface area contributed by atoms with Crippen molar-refractivity contribution in [2.75, 3.05) is 31.9 Å². The van der Waals surface area contributed by atoms with Crippen LogP contribution in [-0.2, 0) is 29.1 Å². The molecule has 52 heavy (non-hydrogen) atoms. The van der Waals surface area contributed by atoms with Gasteiger partial charge in [0.25, 0.3) is 5.91 Å². The lowest BCUT2D eigenvalue weighted by atomic mass is 9.93. The second kappa shape index (κ2) is 15.9. The molecule has 1 N–H and O–H groups in total. The molecule has 12 heteroatoms. The van der Waals surface area contributed by atoms with E-state index < -0.39 is 27.5 Å². The molecule has 2 saturated heterocycles. The van der Waals surface area contributed by atoms with E-state index >= 15 is 0 Å². The average Bonchev–Trinajstić information content (AvgIpc) is 3.14. The molecule has 0 spiro atoms. The highest BCUT2D eigenvalue weighted by Gasteiger charge is 2.33. The van der Waals surface area contributed by atoms with Crippen LogP contribution < -0.4 is 10.1 Å². The van der Waals surface area contributed by atoms with Crippen molar-refractivity contribution < 1.29 is 31.1 Å². The number of carbonyl (C=O) groups excluding carboxylic acids is 1. The van der Waals surface area contributed by atoms with Crippen LogP contribution in [0.5, 0.6) is 5.75 Å². The van der Waals surface area contributed by atoms with Crippen molar-refractivity contribution >= 4 is 26.6 Å². The molecule has 278 valence electrons. The van der Waals surface area contributed by atoms with Crippen molar-refractivity contribution in [3.63, 3.8) is 0 Å². The maximum absolute atomic E-state index is 14.5. The largest absolute Gasteiger partial charge is 0.490 e. The highest BCUT2D eigenvalue weighted by Crippen LogP contribution is 2.39. The summed E-state index contributed by atoms with van der Waals surface area (Å²) in [5.74, 6) is -0.591. The van der Waals surface area contributed by atoms with Crippen molar-refractivity contribution in [3.05, 3.63) is 89.0 Å². The van der Waals surface area contributed by atoms with Gasteiger partial charge in [0, 0.05) is 41.7 Å². The van der Waals surface area contributed by atoms with Gasteiger partial charge in [-0.25, -0.2) is 13.4 Å². The number of likely N-dealkylation sites (tertiary alicyclic amines) is 2. The Labute approximate surface area is 304 Å². The summed E-state index contributed by atoms with van der Waals surface area (Å²) in [5.41, 5.74) is 1.36. The summed E-state index contributed by atoms with van der Waals surface area (Å²) in [6.07, 6.45) is 0.543. The first kappa shape index (κ1) is 37.7. The first-order valence-electron chi connectivity index (χ1n) is 18.2. The van der Waals surface area contributed by atoms with Crippen molar-refractivity contribution in [1.82, 2.24) is 20.1 Å². The number of piperidine rings is 2. The standard InChI is InChI=1S/C40H47F3N4O4S/c1-4-52(49,50)36-23-32-34(24-35(36)51-27(2)3)45-38(29-14-11-15-30(22-29)40(41,42)43)33(37(32)39(48)44-25-28-12-7-5-8-13-28)26-46-20-16-31(17-21-46)47-18-9-6-10-19-47/h5,7-8,11-15,22-24,27,31H,4,6,9-10,16-21,25-26H2,1-3H3,(H,44,48). The number of aromatic nitrogens is 1. The van der Waals surface area contributed by atoms with Crippen LogP contribution in [0.2, 0.25) is 0 Å². The number of hydrogen-bond acceptors (Lipinski definition) is 7. The minimum Gasteiger partial charge on any atom is -0.490 e. The number of halogens is 3. The molecule has 1 aromatic heterocycles. The zero-order valence-corrected chi connectivity index (χ0v) is 30.8. The fraction of sp³-hybridized carbons (Fsp3) is 0.450. The van der Waals surface area contributed by atoms with Crippen LogP contribution in [0.25, 0.3) is 22.2 Å². The number of sulfone groups is 1. The minimum absolute atomic E-state index is 0.0600. The van der Waals surface area contributed by atoms with Crippen LogP contribution in [-0.4, -0.2) is 73.2 Å². The second-order valence-electron chi connectivity index (χ2n) is 14.1. The molecule has 0 saturated carbocycles. The van der Waals surface area contributed by atoms with Crippen LogP contribution in [0.1, 0.15) is 79.9 Å². The molecular weight excluding hydrogens is 690 g/mol. The van der Waals surface area contributed by atoms with Crippen molar-refractivity contribution in [2.24, 2.45) is 0 Å². The molecule has 0 radical (unpaired) electrons. The van der Waals surface area contributed by atoms with Gasteiger partial charge in [0.05, 0.1) is 34.2 Å². The van der Waals surface area contributed by atoms with Gasteiger partial charge in [-0.1, -0.05) is 55.8 Å². The molecule has 0 unspecified atom stereocenters. The van der Waals surface area contributed by atoms with Gasteiger partial charge in [-0.3, -0.25) is 9.69 Å². The van der Waals surface area contributed by atoms with Crippen molar-refractivity contribution in [1.29, 1.82) is 0 Å². The van der Waals surface area contributed by atoms with E-state index in [1.165, 1.54) is 37.5 Å². The number of pyridine rings is 1. The Hall–Kier alpha value is -4.00. The smallest absolute Gasteiger partial charge is 0.416 e. The number of carbonyl (C=O) groups is 1. The van der Waals surface area contributed by atoms with Crippen LogP contribution in [0, 0.1) is 0 Å². The lowest BCUT2D eigenvalue weighted by Gasteiger charge is -2.40. The predicted molar refractivity (Wildman–Crippen MR) is 197 cm³/mol. The topological polar surface area (TPSA) is 91.8 Å². The molecular formula is C40H47F3N4O4S. The molecule has 2 aliphatic heterocycles. The Bertz CT molecular complexity index is 1990. The quantitative estimate of drug-likeness (QED) is 0.168. The molecule has 3 heterocycles. The lowest BCUT2D eigenvalue weighted by molar-refractivity contribution is -0.137. The third-order valence-electron chi connectivity index (χ3n) is 10.1. The fourth-order valence-corrected chi connectivity index (χ4v) is 8.39. The van der Waals surface area contributed by atoms with E-state index in [0.29, 0.717) is 17.0 Å². The van der Waals surface area contributed by atoms with Crippen molar-refractivity contribution in [2.45, 2.75) is 89.2 Å². The molecule has 2 aliphatic rings. The maximum Gasteiger partial charge on any atom is 0.416 e. The normalized spacial score (nSPS) is 16.8. The first-order valence-corrected chi connectivity index (χ1v) is 19.9. The average molecular weight is 737 g/mol. The van der Waals surface area contributed by atoms with E-state index in [1.54, 1.807) is 26.8 Å². The van der Waals surface area contributed by atoms with Gasteiger partial charge in [0.15, 0.2) is 9.84 Å². The number of benzene rings is 3. The van der Waals surface area contributed by atoms with E-state index in [4.69, 9.17) is 9.72 Å². The molecule has 0 atom stereocenters.